The Hall–Kier alpha value is -4.49. The summed E-state index contributed by atoms with van der Waals surface area (Å²) in [7, 11) is 9.18. The number of methoxy groups -OCH3 is 1. The van der Waals surface area contributed by atoms with Crippen molar-refractivity contribution in [3.8, 4) is 22.6 Å². The molecule has 0 bridgehead atoms. The molecule has 0 saturated carbocycles. The maximum atomic E-state index is 14.2. The summed E-state index contributed by atoms with van der Waals surface area (Å²) >= 11 is 0. The fraction of sp³-hybridized carbons (Fsp3) is 0.410. The number of nitrogens with one attached hydrogen (secondary N) is 2. The number of aromatic amines is 1. The van der Waals surface area contributed by atoms with Gasteiger partial charge in [0.2, 0.25) is 5.95 Å². The molecule has 0 unspecified atom stereocenters. The Morgan fingerprint density at radius 1 is 1.00 bits per heavy atom. The fourth-order valence-electron chi connectivity index (χ4n) is 6.39. The molecule has 2 heterocycles. The predicted octanol–water partition coefficient (Wildman–Crippen LogP) is 5.67. The molecule has 4 N–H and O–H groups in total. The van der Waals surface area contributed by atoms with Crippen molar-refractivity contribution in [1.82, 2.24) is 24.7 Å². The Morgan fingerprint density at radius 2 is 1.73 bits per heavy atom. The van der Waals surface area contributed by atoms with Gasteiger partial charge in [-0.1, -0.05) is 18.2 Å². The van der Waals surface area contributed by atoms with Crippen LogP contribution in [0.1, 0.15) is 45.5 Å². The summed E-state index contributed by atoms with van der Waals surface area (Å²) in [6.45, 7) is 7.38. The van der Waals surface area contributed by atoms with Crippen molar-refractivity contribution in [2.24, 2.45) is 5.73 Å². The number of primary amides is 1. The minimum absolute atomic E-state index is 0. The lowest BCUT2D eigenvalue weighted by atomic mass is 9.95. The Balaban J connectivity index is 0.00000348. The number of carbonyl (C=O) groups is 2. The molecular weight excluding hydrogens is 767 g/mol. The number of nitrogens with two attached hydrogens (primary N) is 1. The van der Waals surface area contributed by atoms with E-state index in [0.717, 1.165) is 55.8 Å². The Morgan fingerprint density at radius 3 is 2.38 bits per heavy atom. The number of aryl methyl sites for hydroxylation is 1. The number of piperazine rings is 1. The first-order valence-corrected chi connectivity index (χ1v) is 17.6. The molecule has 5 rings (SSSR count). The number of nitrogens with zero attached hydrogens (tertiary/aromatic N) is 5. The molecule has 0 aliphatic carbocycles. The van der Waals surface area contributed by atoms with Gasteiger partial charge in [-0.05, 0) is 83.2 Å². The average Bonchev–Trinajstić information content (AvgIpc) is 3.55. The number of benzene rings is 3. The number of allylic oxidation sites excluding steroid dienone is 1. The van der Waals surface area contributed by atoms with Crippen molar-refractivity contribution in [3.05, 3.63) is 70.9 Å². The number of amides is 2. The average molecular weight is 820 g/mol. The van der Waals surface area contributed by atoms with Gasteiger partial charge in [-0.25, -0.2) is 9.78 Å². The van der Waals surface area contributed by atoms with E-state index in [1.165, 1.54) is 12.0 Å². The topological polar surface area (TPSA) is 149 Å². The second-order valence-corrected chi connectivity index (χ2v) is 13.4. The van der Waals surface area contributed by atoms with Gasteiger partial charge in [-0.15, -0.1) is 37.2 Å². The van der Waals surface area contributed by atoms with E-state index < -0.39 is 11.8 Å². The lowest BCUT2D eigenvalue weighted by molar-refractivity contribution is 0.0961. The Labute approximate surface area is 341 Å². The van der Waals surface area contributed by atoms with Crippen LogP contribution < -0.4 is 25.4 Å². The summed E-state index contributed by atoms with van der Waals surface area (Å²) in [5.41, 5.74) is 11.0. The van der Waals surface area contributed by atoms with Crippen LogP contribution in [0.4, 0.5) is 11.6 Å². The van der Waals surface area contributed by atoms with Gasteiger partial charge in [-0.2, -0.15) is 0 Å². The monoisotopic (exact) mass is 818 g/mol. The molecular formula is C39H53Cl3N8O5. The van der Waals surface area contributed by atoms with Crippen LogP contribution in [0, 0.1) is 6.92 Å². The summed E-state index contributed by atoms with van der Waals surface area (Å²) in [4.78, 5) is 54.9. The molecule has 0 atom stereocenters. The van der Waals surface area contributed by atoms with Crippen LogP contribution in [0.3, 0.4) is 0 Å². The highest BCUT2D eigenvalue weighted by Crippen LogP contribution is 2.39. The van der Waals surface area contributed by atoms with Crippen LogP contribution in [0.25, 0.3) is 22.2 Å². The van der Waals surface area contributed by atoms with E-state index in [1.807, 2.05) is 57.4 Å². The second kappa shape index (κ2) is 21.6. The van der Waals surface area contributed by atoms with Crippen molar-refractivity contribution < 1.29 is 23.9 Å². The molecule has 3 aromatic carbocycles. The van der Waals surface area contributed by atoms with E-state index >= 15 is 0 Å². The van der Waals surface area contributed by atoms with Crippen molar-refractivity contribution in [3.63, 3.8) is 0 Å². The molecule has 55 heavy (non-hydrogen) atoms. The molecule has 300 valence electrons. The fourth-order valence-corrected chi connectivity index (χ4v) is 6.39. The zero-order valence-corrected chi connectivity index (χ0v) is 34.7. The van der Waals surface area contributed by atoms with Crippen LogP contribution in [-0.2, 0) is 4.79 Å². The zero-order valence-electron chi connectivity index (χ0n) is 32.3. The maximum absolute atomic E-state index is 14.2. The van der Waals surface area contributed by atoms with Gasteiger partial charge >= 0.3 is 0 Å². The van der Waals surface area contributed by atoms with Gasteiger partial charge in [0.15, 0.2) is 0 Å². The third-order valence-corrected chi connectivity index (χ3v) is 9.34. The third-order valence-electron chi connectivity index (χ3n) is 9.34. The van der Waals surface area contributed by atoms with Crippen molar-refractivity contribution in [2.45, 2.75) is 26.2 Å². The zero-order chi connectivity index (χ0) is 37.4. The summed E-state index contributed by atoms with van der Waals surface area (Å²) < 4.78 is 12.0. The molecule has 4 aromatic rings. The molecule has 2 amide bonds. The highest BCUT2D eigenvalue weighted by atomic mass is 35.5. The van der Waals surface area contributed by atoms with Crippen molar-refractivity contribution in [2.75, 3.05) is 91.4 Å². The summed E-state index contributed by atoms with van der Waals surface area (Å²) in [5.74, 6) is 2.24. The van der Waals surface area contributed by atoms with Gasteiger partial charge in [0, 0.05) is 57.4 Å². The molecule has 1 aliphatic heterocycles. The number of aromatic nitrogens is 2. The molecule has 1 aromatic heterocycles. The van der Waals surface area contributed by atoms with Crippen molar-refractivity contribution >= 4 is 77.6 Å². The first-order chi connectivity index (χ1) is 25.0. The standard InChI is InChI=1S/C39H50N8O5.3ClH/c1-26-13-16-32(33(24-26)52-23-8-7-10-27(25-48)47-21-19-45(4)20-22-47)46(5)38(50)30-15-14-29(36(51-6)34(30)37(40)49)28-11-9-12-31-35(28)43-39(42-31)41-17-18-44(2)3;;;/h9,11-16,24H,7-8,10,17-23H2,1-6H3,(H2,40,49)(H2,41,42,43);3*1H. The number of hydrogen-bond acceptors (Lipinski definition) is 10. The minimum atomic E-state index is -0.795. The molecule has 1 fully saturated rings. The van der Waals surface area contributed by atoms with Crippen LogP contribution in [0.15, 0.2) is 54.2 Å². The predicted molar refractivity (Wildman–Crippen MR) is 227 cm³/mol. The number of likely N-dealkylation sites (N-methyl/N-ethyl adjacent to an activating group) is 2. The lowest BCUT2D eigenvalue weighted by Gasteiger charge is -2.34. The first-order valence-electron chi connectivity index (χ1n) is 17.6. The number of para-hydroxylation sites is 1. The van der Waals surface area contributed by atoms with Crippen LogP contribution in [0.5, 0.6) is 11.5 Å². The lowest BCUT2D eigenvalue weighted by Crippen LogP contribution is -2.44. The number of rotatable bonds is 16. The Bertz CT molecular complexity index is 1960. The summed E-state index contributed by atoms with van der Waals surface area (Å²) in [5, 5.41) is 3.31. The van der Waals surface area contributed by atoms with E-state index in [0.29, 0.717) is 60.2 Å². The van der Waals surface area contributed by atoms with E-state index in [2.05, 4.69) is 38.0 Å². The van der Waals surface area contributed by atoms with Crippen molar-refractivity contribution in [1.29, 1.82) is 0 Å². The van der Waals surface area contributed by atoms with Gasteiger partial charge < -0.3 is 45.1 Å². The highest BCUT2D eigenvalue weighted by Gasteiger charge is 2.28. The molecule has 13 nitrogen and oxygen atoms in total. The van der Waals surface area contributed by atoms with E-state index in [-0.39, 0.29) is 54.1 Å². The smallest absolute Gasteiger partial charge is 0.259 e. The van der Waals surface area contributed by atoms with Gasteiger partial charge in [0.05, 0.1) is 47.3 Å². The Kier molecular flexibility index (Phi) is 18.3. The number of fused-ring (bicyclic) bond motifs is 1. The van der Waals surface area contributed by atoms with Crippen LogP contribution >= 0.6 is 37.2 Å². The van der Waals surface area contributed by atoms with Gasteiger partial charge in [0.25, 0.3) is 11.8 Å². The number of anilines is 2. The molecule has 1 aliphatic rings. The number of ether oxygens (including phenoxy) is 2. The number of imidazole rings is 1. The van der Waals surface area contributed by atoms with Gasteiger partial charge in [0.1, 0.15) is 17.4 Å². The summed E-state index contributed by atoms with van der Waals surface area (Å²) in [6, 6.07) is 14.7. The number of unbranched alkanes of at least 4 members (excludes halogenated alkanes) is 1. The van der Waals surface area contributed by atoms with E-state index in [9.17, 15) is 14.4 Å². The number of halogens is 3. The van der Waals surface area contributed by atoms with E-state index in [1.54, 1.807) is 19.2 Å². The maximum Gasteiger partial charge on any atom is 0.259 e. The van der Waals surface area contributed by atoms with E-state index in [4.69, 9.17) is 20.2 Å². The molecule has 0 radical (unpaired) electrons. The largest absolute Gasteiger partial charge is 0.495 e. The molecule has 16 heteroatoms. The molecule has 0 spiro atoms. The van der Waals surface area contributed by atoms with Crippen LogP contribution in [0.2, 0.25) is 0 Å². The third kappa shape index (κ3) is 11.3. The number of H-pyrrole nitrogens is 1. The summed E-state index contributed by atoms with van der Waals surface area (Å²) in [6.07, 6.45) is 2.11. The quantitative estimate of drug-likeness (QED) is 0.0954. The number of hydrogen-bond donors (Lipinski definition) is 3. The molecule has 1 saturated heterocycles. The minimum Gasteiger partial charge on any atom is -0.495 e. The second-order valence-electron chi connectivity index (χ2n) is 13.4. The van der Waals surface area contributed by atoms with Gasteiger partial charge in [-0.3, -0.25) is 9.59 Å². The number of carbonyl (C=O) groups excluding carboxylic acids is 3. The highest BCUT2D eigenvalue weighted by molar-refractivity contribution is 6.15. The first kappa shape index (κ1) is 46.7. The van der Waals surface area contributed by atoms with Crippen LogP contribution in [-0.4, -0.2) is 124 Å². The normalized spacial score (nSPS) is 12.5. The SMILES string of the molecule is COc1c(-c2cccc3[nH]c(NCCN(C)C)nc23)ccc(C(=O)N(C)c2ccc(C)cc2OCCCCC(=C=O)N2CCN(C)CC2)c1C(N)=O.Cl.Cl.Cl.